The number of nitrogen functional groups attached to an aromatic ring is 1. The summed E-state index contributed by atoms with van der Waals surface area (Å²) < 4.78 is 0. The van der Waals surface area contributed by atoms with Crippen molar-refractivity contribution in [1.82, 2.24) is 14.9 Å². The topological polar surface area (TPSA) is 78.5 Å². The van der Waals surface area contributed by atoms with Gasteiger partial charge in [-0.15, -0.1) is 0 Å². The molecule has 3 N–H and O–H groups in total. The number of nitrogens with zero attached hydrogens (tertiary/aromatic N) is 4. The summed E-state index contributed by atoms with van der Waals surface area (Å²) in [4.78, 5) is 13.0. The van der Waals surface area contributed by atoms with Crippen LogP contribution in [0.2, 0.25) is 0 Å². The molecular weight excluding hydrogens is 242 g/mol. The van der Waals surface area contributed by atoms with Crippen LogP contribution in [0.25, 0.3) is 0 Å². The normalized spacial score (nSPS) is 23.3. The van der Waals surface area contributed by atoms with Crippen LogP contribution in [-0.4, -0.2) is 59.3 Å². The SMILES string of the molecule is CCc1nc(N)cc(N2CC(O)CC2CN(C)C)n1. The van der Waals surface area contributed by atoms with Crippen molar-refractivity contribution in [3.8, 4) is 0 Å². The Kier molecular flexibility index (Phi) is 4.21. The van der Waals surface area contributed by atoms with Crippen LogP contribution in [0.4, 0.5) is 11.6 Å². The Hall–Kier alpha value is -1.40. The highest BCUT2D eigenvalue weighted by Gasteiger charge is 2.32. The minimum atomic E-state index is -0.300. The Morgan fingerprint density at radius 3 is 2.84 bits per heavy atom. The number of aliphatic hydroxyl groups excluding tert-OH is 1. The summed E-state index contributed by atoms with van der Waals surface area (Å²) in [5.74, 6) is 2.07. The number of likely N-dealkylation sites (N-methyl/N-ethyl adjacent to an activating group) is 1. The lowest BCUT2D eigenvalue weighted by Crippen LogP contribution is -2.38. The maximum atomic E-state index is 9.91. The van der Waals surface area contributed by atoms with Gasteiger partial charge in [0.05, 0.1) is 6.10 Å². The molecule has 0 aliphatic carbocycles. The third kappa shape index (κ3) is 3.33. The molecule has 0 saturated carbocycles. The number of β-amino-alcohol motifs (C(OH)–C–C–N with tert-alkyl or cyclic N) is 1. The van der Waals surface area contributed by atoms with Crippen LogP contribution in [0.15, 0.2) is 6.07 Å². The highest BCUT2D eigenvalue weighted by atomic mass is 16.3. The van der Waals surface area contributed by atoms with E-state index < -0.39 is 0 Å². The number of hydrogen-bond donors (Lipinski definition) is 2. The maximum Gasteiger partial charge on any atom is 0.134 e. The van der Waals surface area contributed by atoms with Crippen LogP contribution in [-0.2, 0) is 6.42 Å². The number of hydrogen-bond acceptors (Lipinski definition) is 6. The van der Waals surface area contributed by atoms with Crippen LogP contribution in [0.1, 0.15) is 19.2 Å². The van der Waals surface area contributed by atoms with Gasteiger partial charge in [-0.2, -0.15) is 0 Å². The number of aryl methyl sites for hydroxylation is 1. The number of aromatic nitrogens is 2. The molecule has 1 fully saturated rings. The first-order valence-corrected chi connectivity index (χ1v) is 6.72. The van der Waals surface area contributed by atoms with E-state index in [4.69, 9.17) is 5.73 Å². The smallest absolute Gasteiger partial charge is 0.134 e. The molecule has 106 valence electrons. The van der Waals surface area contributed by atoms with Gasteiger partial charge in [0.25, 0.3) is 0 Å². The molecule has 1 aromatic heterocycles. The second-order valence-corrected chi connectivity index (χ2v) is 5.38. The Bertz CT molecular complexity index is 437. The van der Waals surface area contributed by atoms with E-state index in [0.717, 1.165) is 31.0 Å². The Balaban J connectivity index is 2.25. The van der Waals surface area contributed by atoms with Crippen molar-refractivity contribution in [2.45, 2.75) is 31.9 Å². The zero-order valence-corrected chi connectivity index (χ0v) is 11.9. The van der Waals surface area contributed by atoms with Gasteiger partial charge in [0, 0.05) is 31.6 Å². The van der Waals surface area contributed by atoms with Crippen molar-refractivity contribution in [3.05, 3.63) is 11.9 Å². The second kappa shape index (κ2) is 5.71. The highest BCUT2D eigenvalue weighted by molar-refractivity contribution is 5.49. The fraction of sp³-hybridized carbons (Fsp3) is 0.692. The highest BCUT2D eigenvalue weighted by Crippen LogP contribution is 2.25. The molecule has 0 spiro atoms. The van der Waals surface area contributed by atoms with Crippen molar-refractivity contribution in [3.63, 3.8) is 0 Å². The predicted octanol–water partition coefficient (Wildman–Crippen LogP) is 0.122. The first-order valence-electron chi connectivity index (χ1n) is 6.72. The molecule has 6 nitrogen and oxygen atoms in total. The van der Waals surface area contributed by atoms with E-state index in [2.05, 4.69) is 19.8 Å². The molecule has 2 heterocycles. The van der Waals surface area contributed by atoms with Gasteiger partial charge >= 0.3 is 0 Å². The van der Waals surface area contributed by atoms with Crippen molar-refractivity contribution in [2.75, 3.05) is 37.8 Å². The Morgan fingerprint density at radius 2 is 2.21 bits per heavy atom. The first-order chi connectivity index (χ1) is 8.99. The fourth-order valence-corrected chi connectivity index (χ4v) is 2.58. The standard InChI is InChI=1S/C13H23N5O/c1-4-12-15-11(14)6-13(16-12)18-8-10(19)5-9(18)7-17(2)3/h6,9-10,19H,4-5,7-8H2,1-3H3,(H2,14,15,16). The van der Waals surface area contributed by atoms with Gasteiger partial charge in [0.2, 0.25) is 0 Å². The first kappa shape index (κ1) is 14.0. The zero-order chi connectivity index (χ0) is 14.0. The summed E-state index contributed by atoms with van der Waals surface area (Å²) in [6.07, 6.45) is 1.22. The van der Waals surface area contributed by atoms with Gasteiger partial charge in [-0.1, -0.05) is 6.92 Å². The van der Waals surface area contributed by atoms with Gasteiger partial charge in [0.15, 0.2) is 0 Å². The summed E-state index contributed by atoms with van der Waals surface area (Å²) in [5, 5.41) is 9.91. The van der Waals surface area contributed by atoms with E-state index in [1.807, 2.05) is 21.0 Å². The van der Waals surface area contributed by atoms with E-state index in [1.165, 1.54) is 0 Å². The van der Waals surface area contributed by atoms with Crippen molar-refractivity contribution < 1.29 is 5.11 Å². The third-order valence-electron chi connectivity index (χ3n) is 3.36. The molecule has 1 saturated heterocycles. The van der Waals surface area contributed by atoms with E-state index in [0.29, 0.717) is 12.4 Å². The maximum absolute atomic E-state index is 9.91. The van der Waals surface area contributed by atoms with Gasteiger partial charge in [-0.25, -0.2) is 9.97 Å². The lowest BCUT2D eigenvalue weighted by atomic mass is 10.2. The molecule has 0 bridgehead atoms. The number of aliphatic hydroxyl groups is 1. The van der Waals surface area contributed by atoms with Gasteiger partial charge < -0.3 is 20.6 Å². The number of rotatable bonds is 4. The lowest BCUT2D eigenvalue weighted by molar-refractivity contribution is 0.191. The molecule has 1 aliphatic heterocycles. The zero-order valence-electron chi connectivity index (χ0n) is 11.9. The van der Waals surface area contributed by atoms with Gasteiger partial charge in [-0.05, 0) is 20.5 Å². The van der Waals surface area contributed by atoms with Crippen LogP contribution in [0, 0.1) is 0 Å². The summed E-state index contributed by atoms with van der Waals surface area (Å²) >= 11 is 0. The molecule has 6 heteroatoms. The molecule has 0 radical (unpaired) electrons. The van der Waals surface area contributed by atoms with Crippen LogP contribution in [0.3, 0.4) is 0 Å². The van der Waals surface area contributed by atoms with E-state index in [1.54, 1.807) is 6.07 Å². The van der Waals surface area contributed by atoms with Gasteiger partial charge in [-0.3, -0.25) is 0 Å². The largest absolute Gasteiger partial charge is 0.391 e. The van der Waals surface area contributed by atoms with Crippen LogP contribution < -0.4 is 10.6 Å². The number of anilines is 2. The molecule has 2 atom stereocenters. The quantitative estimate of drug-likeness (QED) is 0.805. The molecule has 0 aromatic carbocycles. The molecular formula is C13H23N5O. The molecule has 2 unspecified atom stereocenters. The third-order valence-corrected chi connectivity index (χ3v) is 3.36. The summed E-state index contributed by atoms with van der Waals surface area (Å²) in [5.41, 5.74) is 5.83. The fourth-order valence-electron chi connectivity index (χ4n) is 2.58. The van der Waals surface area contributed by atoms with Crippen molar-refractivity contribution >= 4 is 11.6 Å². The van der Waals surface area contributed by atoms with Crippen molar-refractivity contribution in [1.29, 1.82) is 0 Å². The molecule has 1 aliphatic rings. The summed E-state index contributed by atoms with van der Waals surface area (Å²) in [7, 11) is 4.07. The monoisotopic (exact) mass is 265 g/mol. The van der Waals surface area contributed by atoms with Crippen LogP contribution >= 0.6 is 0 Å². The Morgan fingerprint density at radius 1 is 1.47 bits per heavy atom. The van der Waals surface area contributed by atoms with Gasteiger partial charge in [0.1, 0.15) is 17.5 Å². The Labute approximate surface area is 114 Å². The average Bonchev–Trinajstić information content (AvgIpc) is 2.68. The average molecular weight is 265 g/mol. The molecule has 19 heavy (non-hydrogen) atoms. The molecule has 2 rings (SSSR count). The van der Waals surface area contributed by atoms with Crippen LogP contribution in [0.5, 0.6) is 0 Å². The minimum Gasteiger partial charge on any atom is -0.391 e. The second-order valence-electron chi connectivity index (χ2n) is 5.38. The van der Waals surface area contributed by atoms with Crippen molar-refractivity contribution in [2.24, 2.45) is 0 Å². The minimum absolute atomic E-state index is 0.268. The number of nitrogens with two attached hydrogens (primary N) is 1. The summed E-state index contributed by atoms with van der Waals surface area (Å²) in [6, 6.07) is 2.06. The molecule has 1 aromatic rings. The molecule has 0 amide bonds. The lowest BCUT2D eigenvalue weighted by Gasteiger charge is -2.28. The predicted molar refractivity (Wildman–Crippen MR) is 76.1 cm³/mol. The summed E-state index contributed by atoms with van der Waals surface area (Å²) in [6.45, 7) is 3.51. The van der Waals surface area contributed by atoms with E-state index >= 15 is 0 Å². The van der Waals surface area contributed by atoms with E-state index in [9.17, 15) is 5.11 Å². The van der Waals surface area contributed by atoms with E-state index in [-0.39, 0.29) is 12.1 Å².